The fourth-order valence-corrected chi connectivity index (χ4v) is 3.16. The second-order valence-corrected chi connectivity index (χ2v) is 6.81. The minimum absolute atomic E-state index is 0.0377. The molecule has 0 aliphatic rings. The predicted octanol–water partition coefficient (Wildman–Crippen LogP) is 5.08. The van der Waals surface area contributed by atoms with Gasteiger partial charge in [0.2, 0.25) is 5.78 Å². The van der Waals surface area contributed by atoms with Gasteiger partial charge in [-0.1, -0.05) is 6.08 Å². The molecule has 0 fully saturated rings. The highest BCUT2D eigenvalue weighted by Gasteiger charge is 2.24. The molecule has 8 heteroatoms. The molecule has 0 atom stereocenters. The van der Waals surface area contributed by atoms with Crippen LogP contribution in [0.25, 0.3) is 11.0 Å². The van der Waals surface area contributed by atoms with E-state index in [4.69, 9.17) is 0 Å². The summed E-state index contributed by atoms with van der Waals surface area (Å²) in [5.74, 6) is -2.07. The van der Waals surface area contributed by atoms with Gasteiger partial charge in [-0.05, 0) is 46.1 Å². The van der Waals surface area contributed by atoms with E-state index >= 15 is 0 Å². The number of carbonyl (C=O) groups excluding carboxylic acids is 1. The van der Waals surface area contributed by atoms with Crippen LogP contribution in [-0.2, 0) is 0 Å². The lowest BCUT2D eigenvalue weighted by atomic mass is 10.0. The van der Waals surface area contributed by atoms with Gasteiger partial charge in [0.15, 0.2) is 5.82 Å². The first kappa shape index (κ1) is 17.6. The lowest BCUT2D eigenvalue weighted by Gasteiger charge is -2.10. The van der Waals surface area contributed by atoms with Crippen molar-refractivity contribution in [1.29, 1.82) is 0 Å². The van der Waals surface area contributed by atoms with Crippen molar-refractivity contribution < 1.29 is 13.6 Å². The van der Waals surface area contributed by atoms with Crippen molar-refractivity contribution >= 4 is 50.4 Å². The number of anilines is 1. The van der Waals surface area contributed by atoms with Crippen molar-refractivity contribution in [2.45, 2.75) is 0 Å². The maximum absolute atomic E-state index is 14.7. The Labute approximate surface area is 155 Å². The van der Waals surface area contributed by atoms with Crippen LogP contribution in [0.2, 0.25) is 0 Å². The molecule has 0 unspecified atom stereocenters. The van der Waals surface area contributed by atoms with Crippen LogP contribution in [0.3, 0.4) is 0 Å². The third kappa shape index (κ3) is 3.45. The molecule has 2 aromatic heterocycles. The molecule has 3 aromatic rings. The van der Waals surface area contributed by atoms with Crippen LogP contribution in [0.1, 0.15) is 15.9 Å². The van der Waals surface area contributed by atoms with Gasteiger partial charge in [0, 0.05) is 33.6 Å². The number of rotatable bonds is 6. The molecule has 4 nitrogen and oxygen atoms in total. The third-order valence-electron chi connectivity index (χ3n) is 3.44. The minimum Gasteiger partial charge on any atom is -0.345 e. The Kier molecular flexibility index (Phi) is 5.19. The lowest BCUT2D eigenvalue weighted by molar-refractivity contribution is 0.103. The SMILES string of the molecule is C=CCSNc1ccc(F)c(C(=O)c2c[nH]c3ncc(Br)cc23)c1F. The first-order valence-electron chi connectivity index (χ1n) is 7.17. The smallest absolute Gasteiger partial charge is 0.201 e. The molecule has 0 spiro atoms. The number of aromatic nitrogens is 2. The van der Waals surface area contributed by atoms with Crippen LogP contribution in [0, 0.1) is 11.6 Å². The Bertz CT molecular complexity index is 974. The van der Waals surface area contributed by atoms with Crippen molar-refractivity contribution in [1.82, 2.24) is 9.97 Å². The molecule has 3 rings (SSSR count). The number of hydrogen-bond acceptors (Lipinski definition) is 4. The molecule has 128 valence electrons. The van der Waals surface area contributed by atoms with E-state index in [1.165, 1.54) is 24.2 Å². The summed E-state index contributed by atoms with van der Waals surface area (Å²) in [7, 11) is 0. The number of nitrogens with one attached hydrogen (secondary N) is 2. The van der Waals surface area contributed by atoms with Gasteiger partial charge in [-0.15, -0.1) is 6.58 Å². The monoisotopic (exact) mass is 423 g/mol. The fourth-order valence-electron chi connectivity index (χ4n) is 2.32. The summed E-state index contributed by atoms with van der Waals surface area (Å²) in [6.07, 6.45) is 4.61. The first-order valence-corrected chi connectivity index (χ1v) is 8.94. The number of carbonyl (C=O) groups is 1. The Balaban J connectivity index is 2.05. The maximum Gasteiger partial charge on any atom is 0.201 e. The van der Waals surface area contributed by atoms with Crippen molar-refractivity contribution in [2.75, 3.05) is 10.5 Å². The summed E-state index contributed by atoms with van der Waals surface area (Å²) >= 11 is 4.46. The quantitative estimate of drug-likeness (QED) is 0.251. The molecule has 0 amide bonds. The molecule has 0 bridgehead atoms. The first-order chi connectivity index (χ1) is 12.0. The molecule has 0 saturated heterocycles. The van der Waals surface area contributed by atoms with Gasteiger partial charge in [0.05, 0.1) is 11.3 Å². The lowest BCUT2D eigenvalue weighted by Crippen LogP contribution is -2.09. The zero-order valence-electron chi connectivity index (χ0n) is 12.8. The van der Waals surface area contributed by atoms with Crippen molar-refractivity contribution in [3.63, 3.8) is 0 Å². The highest BCUT2D eigenvalue weighted by Crippen LogP contribution is 2.28. The molecule has 1 aromatic carbocycles. The van der Waals surface area contributed by atoms with E-state index in [-0.39, 0.29) is 11.3 Å². The Hall–Kier alpha value is -2.19. The van der Waals surface area contributed by atoms with Gasteiger partial charge in [-0.2, -0.15) is 0 Å². The molecule has 25 heavy (non-hydrogen) atoms. The molecule has 2 N–H and O–H groups in total. The summed E-state index contributed by atoms with van der Waals surface area (Å²) in [4.78, 5) is 19.7. The van der Waals surface area contributed by atoms with Gasteiger partial charge in [-0.25, -0.2) is 13.8 Å². The highest BCUT2D eigenvalue weighted by atomic mass is 79.9. The van der Waals surface area contributed by atoms with E-state index in [9.17, 15) is 13.6 Å². The molecule has 0 aliphatic heterocycles. The summed E-state index contributed by atoms with van der Waals surface area (Å²) in [6.45, 7) is 3.56. The van der Waals surface area contributed by atoms with E-state index in [0.29, 0.717) is 21.3 Å². The average Bonchev–Trinajstić information content (AvgIpc) is 3.00. The van der Waals surface area contributed by atoms with Crippen LogP contribution in [0.5, 0.6) is 0 Å². The number of aromatic amines is 1. The summed E-state index contributed by atoms with van der Waals surface area (Å²) in [5, 5.41) is 0.484. The van der Waals surface area contributed by atoms with Crippen LogP contribution < -0.4 is 4.72 Å². The number of benzene rings is 1. The van der Waals surface area contributed by atoms with E-state index in [1.807, 2.05) is 0 Å². The van der Waals surface area contributed by atoms with Crippen LogP contribution in [0.4, 0.5) is 14.5 Å². The number of ketones is 1. The van der Waals surface area contributed by atoms with Crippen molar-refractivity contribution in [3.05, 3.63) is 70.5 Å². The van der Waals surface area contributed by atoms with E-state index < -0.39 is 23.0 Å². The zero-order valence-corrected chi connectivity index (χ0v) is 15.2. The van der Waals surface area contributed by atoms with Gasteiger partial charge in [0.25, 0.3) is 0 Å². The summed E-state index contributed by atoms with van der Waals surface area (Å²) < 4.78 is 32.3. The number of fused-ring (bicyclic) bond motifs is 1. The molecule has 0 aliphatic carbocycles. The average molecular weight is 424 g/mol. The predicted molar refractivity (Wildman–Crippen MR) is 99.9 cm³/mol. The van der Waals surface area contributed by atoms with E-state index in [1.54, 1.807) is 18.3 Å². The molecule has 2 heterocycles. The molecular formula is C17H12BrF2N3OS. The van der Waals surface area contributed by atoms with Gasteiger partial charge in [-0.3, -0.25) is 4.79 Å². The fraction of sp³-hybridized carbons (Fsp3) is 0.0588. The number of H-pyrrole nitrogens is 1. The normalized spacial score (nSPS) is 10.8. The van der Waals surface area contributed by atoms with Crippen molar-refractivity contribution in [2.24, 2.45) is 0 Å². The maximum atomic E-state index is 14.7. The van der Waals surface area contributed by atoms with Crippen molar-refractivity contribution in [3.8, 4) is 0 Å². The number of nitrogens with zero attached hydrogens (tertiary/aromatic N) is 1. The van der Waals surface area contributed by atoms with E-state index in [2.05, 4.69) is 37.2 Å². The van der Waals surface area contributed by atoms with Gasteiger partial charge < -0.3 is 9.71 Å². The molecular weight excluding hydrogens is 412 g/mol. The second-order valence-electron chi connectivity index (χ2n) is 5.07. The standard InChI is InChI=1S/C17H12BrF2N3OS/c1-2-5-25-23-13-4-3-12(19)14(15(13)20)16(24)11-8-22-17-10(11)6-9(18)7-21-17/h2-4,6-8,23H,1,5H2,(H,21,22). The molecule has 0 radical (unpaired) electrons. The minimum atomic E-state index is -0.932. The Morgan fingerprint density at radius 2 is 2.24 bits per heavy atom. The zero-order chi connectivity index (χ0) is 18.0. The molecule has 0 saturated carbocycles. The van der Waals surface area contributed by atoms with Gasteiger partial charge in [0.1, 0.15) is 11.5 Å². The number of halogens is 3. The Morgan fingerprint density at radius 1 is 1.44 bits per heavy atom. The third-order valence-corrected chi connectivity index (χ3v) is 4.64. The topological polar surface area (TPSA) is 57.8 Å². The van der Waals surface area contributed by atoms with Crippen LogP contribution in [0.15, 0.2) is 47.7 Å². The highest BCUT2D eigenvalue weighted by molar-refractivity contribution is 9.10. The number of hydrogen-bond donors (Lipinski definition) is 2. The van der Waals surface area contributed by atoms with Crippen LogP contribution >= 0.6 is 27.9 Å². The van der Waals surface area contributed by atoms with E-state index in [0.717, 1.165) is 6.07 Å². The largest absolute Gasteiger partial charge is 0.345 e. The second kappa shape index (κ2) is 7.37. The summed E-state index contributed by atoms with van der Waals surface area (Å²) in [6, 6.07) is 3.99. The van der Waals surface area contributed by atoms with Crippen LogP contribution in [-0.4, -0.2) is 21.5 Å². The number of pyridine rings is 1. The summed E-state index contributed by atoms with van der Waals surface area (Å²) in [5.41, 5.74) is 0.0431. The van der Waals surface area contributed by atoms with Gasteiger partial charge >= 0.3 is 0 Å². The Morgan fingerprint density at radius 3 is 3.00 bits per heavy atom.